The lowest BCUT2D eigenvalue weighted by Crippen LogP contribution is -1.98. The van der Waals surface area contributed by atoms with Crippen molar-refractivity contribution in [2.45, 2.75) is 6.61 Å². The van der Waals surface area contributed by atoms with E-state index in [9.17, 15) is 5.26 Å². The Morgan fingerprint density at radius 1 is 0.933 bits per heavy atom. The molecular weight excluding hydrogens is 421 g/mol. The van der Waals surface area contributed by atoms with Gasteiger partial charge in [-0.05, 0) is 65.7 Å². The molecule has 0 heterocycles. The molecule has 0 aliphatic rings. The number of hydrogen-bond donors (Lipinski definition) is 0. The van der Waals surface area contributed by atoms with Crippen LogP contribution in [0.3, 0.4) is 0 Å². The van der Waals surface area contributed by atoms with Gasteiger partial charge in [-0.25, -0.2) is 0 Å². The number of rotatable bonds is 7. The quantitative estimate of drug-likeness (QED) is 0.305. The Kier molecular flexibility index (Phi) is 7.24. The van der Waals surface area contributed by atoms with E-state index in [4.69, 9.17) is 37.4 Å². The van der Waals surface area contributed by atoms with Gasteiger partial charge in [-0.3, -0.25) is 0 Å². The van der Waals surface area contributed by atoms with Crippen LogP contribution in [-0.2, 0) is 6.61 Å². The first kappa shape index (κ1) is 21.6. The Balaban J connectivity index is 1.81. The van der Waals surface area contributed by atoms with Gasteiger partial charge in [0.2, 0.25) is 0 Å². The van der Waals surface area contributed by atoms with Gasteiger partial charge >= 0.3 is 0 Å². The van der Waals surface area contributed by atoms with Crippen LogP contribution in [0.15, 0.2) is 60.7 Å². The predicted molar refractivity (Wildman–Crippen MR) is 120 cm³/mol. The van der Waals surface area contributed by atoms with E-state index < -0.39 is 0 Å². The van der Waals surface area contributed by atoms with Gasteiger partial charge in [0, 0.05) is 15.6 Å². The van der Waals surface area contributed by atoms with Crippen molar-refractivity contribution >= 4 is 34.9 Å². The number of nitriles is 1. The highest BCUT2D eigenvalue weighted by Crippen LogP contribution is 2.31. The second kappa shape index (κ2) is 10.1. The van der Waals surface area contributed by atoms with E-state index >= 15 is 0 Å². The molecule has 0 bridgehead atoms. The molecule has 0 amide bonds. The zero-order chi connectivity index (χ0) is 21.5. The van der Waals surface area contributed by atoms with E-state index in [1.807, 2.05) is 42.5 Å². The monoisotopic (exact) mass is 439 g/mol. The molecule has 0 spiro atoms. The summed E-state index contributed by atoms with van der Waals surface area (Å²) in [7, 11) is 3.17. The van der Waals surface area contributed by atoms with Crippen LogP contribution in [0.2, 0.25) is 10.0 Å². The molecule has 0 aliphatic heterocycles. The summed E-state index contributed by atoms with van der Waals surface area (Å²) in [5.41, 5.74) is 2.96. The number of allylic oxidation sites excluding steroid dienone is 1. The Labute approximate surface area is 185 Å². The third-order valence-corrected chi connectivity index (χ3v) is 5.01. The zero-order valence-electron chi connectivity index (χ0n) is 16.5. The van der Waals surface area contributed by atoms with E-state index in [0.717, 1.165) is 22.4 Å². The highest BCUT2D eigenvalue weighted by Gasteiger charge is 2.09. The second-order valence-electron chi connectivity index (χ2n) is 6.33. The standard InChI is InChI=1S/C24H19Cl2NO3/c1-28-21-8-5-17(6-9-21)19(14-27)11-16-3-10-23(24(12-16)29-2)30-15-18-4-7-20(25)13-22(18)26/h3-13H,15H2,1-2H3/b19-11+. The summed E-state index contributed by atoms with van der Waals surface area (Å²) in [5.74, 6) is 1.87. The van der Waals surface area contributed by atoms with Crippen LogP contribution in [0, 0.1) is 11.3 Å². The smallest absolute Gasteiger partial charge is 0.161 e. The highest BCUT2D eigenvalue weighted by molar-refractivity contribution is 6.35. The molecule has 4 nitrogen and oxygen atoms in total. The molecule has 3 rings (SSSR count). The molecule has 6 heteroatoms. The molecule has 0 radical (unpaired) electrons. The Hall–Kier alpha value is -3.13. The number of ether oxygens (including phenoxy) is 3. The number of halogens is 2. The average molecular weight is 440 g/mol. The molecule has 0 aromatic heterocycles. The van der Waals surface area contributed by atoms with E-state index in [1.54, 1.807) is 38.5 Å². The van der Waals surface area contributed by atoms with E-state index in [0.29, 0.717) is 27.1 Å². The van der Waals surface area contributed by atoms with Crippen molar-refractivity contribution in [2.75, 3.05) is 14.2 Å². The number of benzene rings is 3. The van der Waals surface area contributed by atoms with Crippen LogP contribution in [0.5, 0.6) is 17.2 Å². The van der Waals surface area contributed by atoms with Gasteiger partial charge in [0.15, 0.2) is 11.5 Å². The Bertz CT molecular complexity index is 1100. The third-order valence-electron chi connectivity index (χ3n) is 4.42. The minimum Gasteiger partial charge on any atom is -0.497 e. The topological polar surface area (TPSA) is 51.5 Å². The van der Waals surface area contributed by atoms with Crippen molar-refractivity contribution in [1.82, 2.24) is 0 Å². The van der Waals surface area contributed by atoms with Crippen LogP contribution in [0.1, 0.15) is 16.7 Å². The van der Waals surface area contributed by atoms with Crippen molar-refractivity contribution < 1.29 is 14.2 Å². The fraction of sp³-hybridized carbons (Fsp3) is 0.125. The molecule has 0 atom stereocenters. The third kappa shape index (κ3) is 5.27. The predicted octanol–water partition coefficient (Wildman–Crippen LogP) is 6.65. The summed E-state index contributed by atoms with van der Waals surface area (Å²) in [5, 5.41) is 10.7. The van der Waals surface area contributed by atoms with Crippen molar-refractivity contribution in [2.24, 2.45) is 0 Å². The van der Waals surface area contributed by atoms with E-state index in [-0.39, 0.29) is 6.61 Å². The lowest BCUT2D eigenvalue weighted by molar-refractivity contribution is 0.284. The van der Waals surface area contributed by atoms with Crippen LogP contribution in [0.4, 0.5) is 0 Å². The average Bonchev–Trinajstić information content (AvgIpc) is 2.77. The number of nitrogens with zero attached hydrogens (tertiary/aromatic N) is 1. The summed E-state index contributed by atoms with van der Waals surface area (Å²) >= 11 is 12.1. The fourth-order valence-corrected chi connectivity index (χ4v) is 3.27. The fourth-order valence-electron chi connectivity index (χ4n) is 2.80. The summed E-state index contributed by atoms with van der Waals surface area (Å²) in [6.45, 7) is 0.275. The second-order valence-corrected chi connectivity index (χ2v) is 7.18. The molecule has 0 unspecified atom stereocenters. The summed E-state index contributed by atoms with van der Waals surface area (Å²) < 4.78 is 16.5. The number of hydrogen-bond acceptors (Lipinski definition) is 4. The first-order valence-corrected chi connectivity index (χ1v) is 9.80. The van der Waals surface area contributed by atoms with Crippen molar-refractivity contribution in [3.8, 4) is 23.3 Å². The van der Waals surface area contributed by atoms with Crippen LogP contribution in [-0.4, -0.2) is 14.2 Å². The molecule has 3 aromatic rings. The van der Waals surface area contributed by atoms with Crippen molar-refractivity contribution in [3.05, 3.63) is 87.4 Å². The maximum atomic E-state index is 9.58. The van der Waals surface area contributed by atoms with Crippen LogP contribution < -0.4 is 14.2 Å². The highest BCUT2D eigenvalue weighted by atomic mass is 35.5. The molecule has 3 aromatic carbocycles. The molecule has 0 fully saturated rings. The Morgan fingerprint density at radius 3 is 2.33 bits per heavy atom. The molecule has 0 N–H and O–H groups in total. The van der Waals surface area contributed by atoms with Gasteiger partial charge in [0.25, 0.3) is 0 Å². The van der Waals surface area contributed by atoms with Crippen LogP contribution >= 0.6 is 23.2 Å². The summed E-state index contributed by atoms with van der Waals surface area (Å²) in [6, 6.07) is 20.3. The minimum atomic E-state index is 0.275. The lowest BCUT2D eigenvalue weighted by atomic mass is 10.0. The van der Waals surface area contributed by atoms with Crippen molar-refractivity contribution in [1.29, 1.82) is 5.26 Å². The maximum Gasteiger partial charge on any atom is 0.161 e. The van der Waals surface area contributed by atoms with Gasteiger partial charge < -0.3 is 14.2 Å². The van der Waals surface area contributed by atoms with E-state index in [1.165, 1.54) is 0 Å². The summed E-state index contributed by atoms with van der Waals surface area (Å²) in [4.78, 5) is 0. The first-order chi connectivity index (χ1) is 14.5. The first-order valence-electron chi connectivity index (χ1n) is 9.05. The molecule has 152 valence electrons. The largest absolute Gasteiger partial charge is 0.497 e. The van der Waals surface area contributed by atoms with Gasteiger partial charge in [-0.2, -0.15) is 5.26 Å². The van der Waals surface area contributed by atoms with Gasteiger partial charge in [-0.1, -0.05) is 35.3 Å². The molecule has 0 aliphatic carbocycles. The normalized spacial score (nSPS) is 11.0. The maximum absolute atomic E-state index is 9.58. The van der Waals surface area contributed by atoms with Crippen LogP contribution in [0.25, 0.3) is 11.6 Å². The summed E-state index contributed by atoms with van der Waals surface area (Å²) in [6.07, 6.45) is 1.80. The molecule has 0 saturated heterocycles. The van der Waals surface area contributed by atoms with Gasteiger partial charge in [0.05, 0.1) is 25.9 Å². The number of methoxy groups -OCH3 is 2. The molecular formula is C24H19Cl2NO3. The lowest BCUT2D eigenvalue weighted by Gasteiger charge is -2.12. The van der Waals surface area contributed by atoms with Crippen molar-refractivity contribution in [3.63, 3.8) is 0 Å². The molecule has 30 heavy (non-hydrogen) atoms. The van der Waals surface area contributed by atoms with Gasteiger partial charge in [0.1, 0.15) is 12.4 Å². The zero-order valence-corrected chi connectivity index (χ0v) is 18.0. The van der Waals surface area contributed by atoms with Gasteiger partial charge in [-0.15, -0.1) is 0 Å². The van der Waals surface area contributed by atoms with E-state index in [2.05, 4.69) is 6.07 Å². The Morgan fingerprint density at radius 2 is 1.70 bits per heavy atom. The SMILES string of the molecule is COc1ccc(/C(C#N)=C/c2ccc(OCc3ccc(Cl)cc3Cl)c(OC)c2)cc1. The molecule has 0 saturated carbocycles. The minimum absolute atomic E-state index is 0.275.